The zero-order chi connectivity index (χ0) is 35.4. The maximum atomic E-state index is 15.2. The number of amides is 1. The summed E-state index contributed by atoms with van der Waals surface area (Å²) in [7, 11) is -3.55. The lowest BCUT2D eigenvalue weighted by Gasteiger charge is -2.38. The number of sulfonamides is 1. The van der Waals surface area contributed by atoms with Crippen LogP contribution in [0.2, 0.25) is 0 Å². The van der Waals surface area contributed by atoms with Gasteiger partial charge in [-0.25, -0.2) is 17.6 Å². The van der Waals surface area contributed by atoms with Crippen LogP contribution >= 0.6 is 0 Å². The molecule has 1 fully saturated rings. The van der Waals surface area contributed by atoms with Crippen molar-refractivity contribution in [2.45, 2.75) is 69.9 Å². The third-order valence-corrected chi connectivity index (χ3v) is 9.49. The number of rotatable bonds is 18. The number of halogens is 1. The molecule has 1 aliphatic rings. The summed E-state index contributed by atoms with van der Waals surface area (Å²) in [6.45, 7) is 3.54. The second kappa shape index (κ2) is 18.2. The number of para-hydroxylation sites is 1. The summed E-state index contributed by atoms with van der Waals surface area (Å²) in [5.41, 5.74) is 1.71. The second-order valence-corrected chi connectivity index (χ2v) is 14.5. The Labute approximate surface area is 288 Å². The fourth-order valence-electron chi connectivity index (χ4n) is 6.34. The molecule has 0 unspecified atom stereocenters. The zero-order valence-corrected chi connectivity index (χ0v) is 28.8. The van der Waals surface area contributed by atoms with E-state index in [4.69, 9.17) is 0 Å². The van der Waals surface area contributed by atoms with Gasteiger partial charge in [-0.2, -0.15) is 0 Å². The summed E-state index contributed by atoms with van der Waals surface area (Å²) >= 11 is 0. The molecule has 3 aromatic rings. The lowest BCUT2D eigenvalue weighted by atomic mass is 9.98. The quantitative estimate of drug-likeness (QED) is 0.0663. The highest BCUT2D eigenvalue weighted by Gasteiger charge is 2.32. The van der Waals surface area contributed by atoms with Crippen LogP contribution in [0, 0.1) is 5.82 Å². The van der Waals surface area contributed by atoms with Gasteiger partial charge in [-0.05, 0) is 80.2 Å². The van der Waals surface area contributed by atoms with E-state index in [1.165, 1.54) is 35.2 Å². The highest BCUT2D eigenvalue weighted by atomic mass is 32.2. The minimum Gasteiger partial charge on any atom is -0.508 e. The van der Waals surface area contributed by atoms with Crippen molar-refractivity contribution < 1.29 is 38.0 Å². The SMILES string of the molecule is CS(=O)(=O)Nc1cc([C@@H](O)CNCCCCCCCCCN2CCC(N(C(=O)O)c3c(F)cccc3-c3ccc(O)cc3)CC2)ccc1O. The number of hydrogen-bond acceptors (Lipinski definition) is 8. The Hall–Kier alpha value is -3.91. The number of hydrogen-bond donors (Lipinski definition) is 6. The summed E-state index contributed by atoms with van der Waals surface area (Å²) < 4.78 is 40.4. The maximum Gasteiger partial charge on any atom is 0.412 e. The molecule has 11 nitrogen and oxygen atoms in total. The summed E-state index contributed by atoms with van der Waals surface area (Å²) in [4.78, 5) is 16.0. The number of phenolic OH excluding ortho intramolecular Hbond substituents is 2. The lowest BCUT2D eigenvalue weighted by Crippen LogP contribution is -2.47. The normalized spacial score (nSPS) is 14.8. The molecule has 1 heterocycles. The van der Waals surface area contributed by atoms with E-state index in [9.17, 15) is 33.6 Å². The predicted octanol–water partition coefficient (Wildman–Crippen LogP) is 6.28. The standard InChI is InChI=1S/C36H49FN4O7S/c1-49(47,48)39-32-24-27(14-17-33(32)43)34(44)25-38-20-7-5-3-2-4-6-8-21-40-22-18-28(19-23-40)41(36(45)46)35-30(10-9-11-31(35)37)26-12-15-29(42)16-13-26/h9-17,24,28,34,38-39,42-44H,2-8,18-23,25H2,1H3,(H,45,46)/t34-/m0/s1. The summed E-state index contributed by atoms with van der Waals surface area (Å²) in [5, 5.41) is 43.4. The fraction of sp³-hybridized carbons (Fsp3) is 0.472. The number of unbranched alkanes of at least 4 members (excludes halogenated alkanes) is 6. The maximum absolute atomic E-state index is 15.2. The number of benzene rings is 3. The molecule has 4 rings (SSSR count). The number of aliphatic hydroxyl groups is 1. The number of nitrogens with zero attached hydrogens (tertiary/aromatic N) is 2. The summed E-state index contributed by atoms with van der Waals surface area (Å²) in [5.74, 6) is -0.707. The number of likely N-dealkylation sites (tertiary alicyclic amines) is 1. The van der Waals surface area contributed by atoms with E-state index in [2.05, 4.69) is 14.9 Å². The van der Waals surface area contributed by atoms with Crippen molar-refractivity contribution >= 4 is 27.5 Å². The molecule has 0 aliphatic carbocycles. The molecular formula is C36H49FN4O7S. The van der Waals surface area contributed by atoms with Gasteiger partial charge in [0, 0.05) is 31.2 Å². The van der Waals surface area contributed by atoms with Gasteiger partial charge in [-0.3, -0.25) is 9.62 Å². The fourth-order valence-corrected chi connectivity index (χ4v) is 6.90. The van der Waals surface area contributed by atoms with E-state index in [1.807, 2.05) is 0 Å². The van der Waals surface area contributed by atoms with Crippen molar-refractivity contribution in [1.29, 1.82) is 0 Å². The van der Waals surface area contributed by atoms with Crippen LogP contribution in [0.5, 0.6) is 11.5 Å². The molecular weight excluding hydrogens is 651 g/mol. The van der Waals surface area contributed by atoms with Crippen molar-refractivity contribution in [3.63, 3.8) is 0 Å². The largest absolute Gasteiger partial charge is 0.508 e. The average molecular weight is 701 g/mol. The molecule has 0 radical (unpaired) electrons. The molecule has 1 saturated heterocycles. The molecule has 1 atom stereocenters. The summed E-state index contributed by atoms with van der Waals surface area (Å²) in [6, 6.07) is 14.9. The number of carbonyl (C=O) groups is 1. The van der Waals surface area contributed by atoms with Crippen LogP contribution in [0.4, 0.5) is 20.6 Å². The Balaban J connectivity index is 1.09. The first kappa shape index (κ1) is 37.9. The first-order valence-corrected chi connectivity index (χ1v) is 18.8. The van der Waals surface area contributed by atoms with E-state index in [0.717, 1.165) is 77.4 Å². The molecule has 0 saturated carbocycles. The van der Waals surface area contributed by atoms with Crippen LogP contribution in [0.3, 0.4) is 0 Å². The average Bonchev–Trinajstić information content (AvgIpc) is 3.05. The minimum atomic E-state index is -3.55. The molecule has 0 spiro atoms. The van der Waals surface area contributed by atoms with Gasteiger partial charge in [0.25, 0.3) is 0 Å². The topological polar surface area (TPSA) is 163 Å². The number of aromatic hydroxyl groups is 2. The van der Waals surface area contributed by atoms with Crippen LogP contribution in [0.1, 0.15) is 69.5 Å². The van der Waals surface area contributed by atoms with Crippen LogP contribution < -0.4 is 14.9 Å². The molecule has 1 amide bonds. The van der Waals surface area contributed by atoms with Crippen molar-refractivity contribution in [2.24, 2.45) is 0 Å². The van der Waals surface area contributed by atoms with E-state index < -0.39 is 28.0 Å². The van der Waals surface area contributed by atoms with Gasteiger partial charge >= 0.3 is 6.09 Å². The van der Waals surface area contributed by atoms with E-state index in [0.29, 0.717) is 36.1 Å². The Bertz CT molecular complexity index is 1620. The highest BCUT2D eigenvalue weighted by molar-refractivity contribution is 7.92. The first-order valence-electron chi connectivity index (χ1n) is 16.9. The molecule has 0 bridgehead atoms. The van der Waals surface area contributed by atoms with E-state index >= 15 is 4.39 Å². The number of nitrogens with one attached hydrogen (secondary N) is 2. The van der Waals surface area contributed by atoms with Gasteiger partial charge in [0.15, 0.2) is 0 Å². The van der Waals surface area contributed by atoms with E-state index in [1.54, 1.807) is 30.3 Å². The first-order chi connectivity index (χ1) is 23.4. The Morgan fingerprint density at radius 1 is 0.959 bits per heavy atom. The number of carboxylic acid groups (broad SMARTS) is 1. The predicted molar refractivity (Wildman–Crippen MR) is 190 cm³/mol. The number of piperidine rings is 1. The van der Waals surface area contributed by atoms with Gasteiger partial charge in [-0.1, -0.05) is 62.4 Å². The molecule has 0 aromatic heterocycles. The van der Waals surface area contributed by atoms with Crippen LogP contribution in [0.25, 0.3) is 11.1 Å². The molecule has 268 valence electrons. The van der Waals surface area contributed by atoms with Crippen LogP contribution in [0.15, 0.2) is 60.7 Å². The Morgan fingerprint density at radius 3 is 2.27 bits per heavy atom. The van der Waals surface area contributed by atoms with Gasteiger partial charge in [0.1, 0.15) is 17.3 Å². The number of anilines is 2. The second-order valence-electron chi connectivity index (χ2n) is 12.8. The highest BCUT2D eigenvalue weighted by Crippen LogP contribution is 2.37. The molecule has 49 heavy (non-hydrogen) atoms. The van der Waals surface area contributed by atoms with Gasteiger partial charge < -0.3 is 30.6 Å². The zero-order valence-electron chi connectivity index (χ0n) is 28.0. The van der Waals surface area contributed by atoms with Crippen LogP contribution in [-0.2, 0) is 10.0 Å². The smallest absolute Gasteiger partial charge is 0.412 e. The molecule has 1 aliphatic heterocycles. The Morgan fingerprint density at radius 2 is 1.61 bits per heavy atom. The van der Waals surface area contributed by atoms with Gasteiger partial charge in [0.2, 0.25) is 10.0 Å². The van der Waals surface area contributed by atoms with E-state index in [-0.39, 0.29) is 28.9 Å². The third-order valence-electron chi connectivity index (χ3n) is 8.90. The number of aliphatic hydroxyl groups excluding tert-OH is 1. The molecule has 13 heteroatoms. The van der Waals surface area contributed by atoms with Crippen molar-refractivity contribution in [1.82, 2.24) is 10.2 Å². The number of phenols is 2. The van der Waals surface area contributed by atoms with Gasteiger partial charge in [0.05, 0.1) is 23.7 Å². The van der Waals surface area contributed by atoms with Crippen molar-refractivity contribution in [3.05, 3.63) is 72.0 Å². The molecule has 3 aromatic carbocycles. The van der Waals surface area contributed by atoms with Crippen molar-refractivity contribution in [3.8, 4) is 22.6 Å². The van der Waals surface area contributed by atoms with Crippen molar-refractivity contribution in [2.75, 3.05) is 48.6 Å². The lowest BCUT2D eigenvalue weighted by molar-refractivity contribution is 0.174. The van der Waals surface area contributed by atoms with Gasteiger partial charge in [-0.15, -0.1) is 0 Å². The summed E-state index contributed by atoms with van der Waals surface area (Å²) in [6.07, 6.45) is 7.91. The molecule has 6 N–H and O–H groups in total. The minimum absolute atomic E-state index is 0.0364. The van der Waals surface area contributed by atoms with Crippen LogP contribution in [-0.4, -0.2) is 84.9 Å². The monoisotopic (exact) mass is 700 g/mol. The third kappa shape index (κ3) is 11.6. The Kier molecular flexibility index (Phi) is 14.1.